The Labute approximate surface area is 152 Å². The van der Waals surface area contributed by atoms with Gasteiger partial charge in [-0.1, -0.05) is 12.1 Å². The van der Waals surface area contributed by atoms with Gasteiger partial charge in [0.1, 0.15) is 5.82 Å². The maximum Gasteiger partial charge on any atom is 0.314 e. The summed E-state index contributed by atoms with van der Waals surface area (Å²) in [6.07, 6.45) is 9.64. The number of benzene rings is 1. The Morgan fingerprint density at radius 2 is 1.85 bits per heavy atom. The molecule has 0 spiro atoms. The van der Waals surface area contributed by atoms with Gasteiger partial charge in [0.2, 0.25) is 0 Å². The summed E-state index contributed by atoms with van der Waals surface area (Å²) in [5.41, 5.74) is 3.41. The van der Waals surface area contributed by atoms with E-state index in [4.69, 9.17) is 0 Å². The number of rotatable bonds is 7. The van der Waals surface area contributed by atoms with Crippen molar-refractivity contribution in [3.63, 3.8) is 0 Å². The maximum atomic E-state index is 11.9. The molecule has 1 aromatic carbocycles. The number of fused-ring (bicyclic) bond motifs is 1. The van der Waals surface area contributed by atoms with Gasteiger partial charge in [-0.2, -0.15) is 0 Å². The second-order valence-electron chi connectivity index (χ2n) is 6.76. The van der Waals surface area contributed by atoms with E-state index in [9.17, 15) is 4.79 Å². The highest BCUT2D eigenvalue weighted by molar-refractivity contribution is 5.83. The fourth-order valence-electron chi connectivity index (χ4n) is 3.11. The van der Waals surface area contributed by atoms with Crippen LogP contribution in [0.4, 0.5) is 4.79 Å². The second kappa shape index (κ2) is 7.56. The Kier molecular flexibility index (Phi) is 4.82. The standard InChI is InChI=1S/C20H23N5O/c26-20(22-9-6-14-12-24-19(25-13-14)16-4-5-16)23-10-7-15-2-1-3-18-17(15)8-11-21-18/h1-3,8,11-13,16,21H,4-7,9-10H2,(H2,22,23,26). The third kappa shape index (κ3) is 4.02. The summed E-state index contributed by atoms with van der Waals surface area (Å²) in [4.78, 5) is 23.9. The zero-order valence-corrected chi connectivity index (χ0v) is 14.7. The molecule has 1 aliphatic carbocycles. The molecule has 0 saturated heterocycles. The molecule has 1 saturated carbocycles. The Morgan fingerprint density at radius 1 is 1.08 bits per heavy atom. The molecule has 3 N–H and O–H groups in total. The van der Waals surface area contributed by atoms with Crippen LogP contribution in [0.3, 0.4) is 0 Å². The van der Waals surface area contributed by atoms with Gasteiger partial charge in [-0.05, 0) is 48.9 Å². The van der Waals surface area contributed by atoms with Crippen LogP contribution in [0.25, 0.3) is 10.9 Å². The lowest BCUT2D eigenvalue weighted by atomic mass is 10.1. The van der Waals surface area contributed by atoms with Gasteiger partial charge in [-0.25, -0.2) is 14.8 Å². The first-order valence-electron chi connectivity index (χ1n) is 9.17. The lowest BCUT2D eigenvalue weighted by Gasteiger charge is -2.08. The van der Waals surface area contributed by atoms with Crippen molar-refractivity contribution in [3.05, 3.63) is 59.8 Å². The number of aromatic nitrogens is 3. The van der Waals surface area contributed by atoms with Gasteiger partial charge in [0.25, 0.3) is 0 Å². The lowest BCUT2D eigenvalue weighted by molar-refractivity contribution is 0.241. The first kappa shape index (κ1) is 16.6. The van der Waals surface area contributed by atoms with E-state index in [1.807, 2.05) is 24.7 Å². The molecule has 6 heteroatoms. The Hall–Kier alpha value is -2.89. The average molecular weight is 349 g/mol. The van der Waals surface area contributed by atoms with Crippen LogP contribution in [0.15, 0.2) is 42.9 Å². The summed E-state index contributed by atoms with van der Waals surface area (Å²) in [5.74, 6) is 1.53. The summed E-state index contributed by atoms with van der Waals surface area (Å²) in [7, 11) is 0. The Balaban J connectivity index is 1.17. The van der Waals surface area contributed by atoms with E-state index < -0.39 is 0 Å². The van der Waals surface area contributed by atoms with Crippen LogP contribution in [-0.2, 0) is 12.8 Å². The predicted octanol–water partition coefficient (Wildman–Crippen LogP) is 2.92. The number of hydrogen-bond donors (Lipinski definition) is 3. The fourth-order valence-corrected chi connectivity index (χ4v) is 3.11. The summed E-state index contributed by atoms with van der Waals surface area (Å²) < 4.78 is 0. The van der Waals surface area contributed by atoms with Crippen LogP contribution in [0.5, 0.6) is 0 Å². The highest BCUT2D eigenvalue weighted by atomic mass is 16.2. The molecule has 1 aliphatic rings. The molecule has 26 heavy (non-hydrogen) atoms. The van der Waals surface area contributed by atoms with Crippen molar-refractivity contribution in [2.24, 2.45) is 0 Å². The van der Waals surface area contributed by atoms with Crippen molar-refractivity contribution in [2.75, 3.05) is 13.1 Å². The molecule has 4 rings (SSSR count). The van der Waals surface area contributed by atoms with Crippen molar-refractivity contribution in [2.45, 2.75) is 31.6 Å². The summed E-state index contributed by atoms with van der Waals surface area (Å²) in [6, 6.07) is 8.12. The SMILES string of the molecule is O=C(NCCc1cnc(C2CC2)nc1)NCCc1cccc2[nH]ccc12. The first-order valence-corrected chi connectivity index (χ1v) is 9.17. The minimum atomic E-state index is -0.137. The van der Waals surface area contributed by atoms with Gasteiger partial charge in [0.15, 0.2) is 0 Å². The van der Waals surface area contributed by atoms with Crippen molar-refractivity contribution in [3.8, 4) is 0 Å². The highest BCUT2D eigenvalue weighted by Gasteiger charge is 2.25. The molecule has 0 bridgehead atoms. The molecule has 134 valence electrons. The number of nitrogens with one attached hydrogen (secondary N) is 3. The van der Waals surface area contributed by atoms with Crippen LogP contribution >= 0.6 is 0 Å². The fraction of sp³-hybridized carbons (Fsp3) is 0.350. The molecule has 0 atom stereocenters. The molecular formula is C20H23N5O. The summed E-state index contributed by atoms with van der Waals surface area (Å²) >= 11 is 0. The van der Waals surface area contributed by atoms with Gasteiger partial charge < -0.3 is 15.6 Å². The van der Waals surface area contributed by atoms with Crippen molar-refractivity contribution in [1.29, 1.82) is 0 Å². The van der Waals surface area contributed by atoms with E-state index >= 15 is 0 Å². The number of nitrogens with zero attached hydrogens (tertiary/aromatic N) is 2. The van der Waals surface area contributed by atoms with Gasteiger partial charge in [0, 0.05) is 48.5 Å². The minimum absolute atomic E-state index is 0.137. The number of urea groups is 1. The van der Waals surface area contributed by atoms with E-state index in [1.54, 1.807) is 0 Å². The van der Waals surface area contributed by atoms with Crippen LogP contribution in [0.1, 0.15) is 35.7 Å². The molecule has 3 aromatic rings. The molecular weight excluding hydrogens is 326 g/mol. The number of aromatic amines is 1. The van der Waals surface area contributed by atoms with E-state index in [1.165, 1.54) is 23.8 Å². The molecule has 0 radical (unpaired) electrons. The Bertz CT molecular complexity index is 883. The zero-order chi connectivity index (χ0) is 17.8. The molecule has 2 aromatic heterocycles. The van der Waals surface area contributed by atoms with Gasteiger partial charge in [0.05, 0.1) is 0 Å². The van der Waals surface area contributed by atoms with Crippen LogP contribution < -0.4 is 10.6 Å². The topological polar surface area (TPSA) is 82.7 Å². The number of hydrogen-bond acceptors (Lipinski definition) is 3. The molecule has 2 amide bonds. The first-order chi connectivity index (χ1) is 12.8. The van der Waals surface area contributed by atoms with Crippen LogP contribution in [0, 0.1) is 0 Å². The van der Waals surface area contributed by atoms with Gasteiger partial charge >= 0.3 is 6.03 Å². The maximum absolute atomic E-state index is 11.9. The largest absolute Gasteiger partial charge is 0.361 e. The molecule has 0 unspecified atom stereocenters. The molecule has 0 aliphatic heterocycles. The quantitative estimate of drug-likeness (QED) is 0.613. The van der Waals surface area contributed by atoms with E-state index in [2.05, 4.69) is 43.8 Å². The highest BCUT2D eigenvalue weighted by Crippen LogP contribution is 2.37. The predicted molar refractivity (Wildman–Crippen MR) is 101 cm³/mol. The lowest BCUT2D eigenvalue weighted by Crippen LogP contribution is -2.37. The van der Waals surface area contributed by atoms with Crippen LogP contribution in [-0.4, -0.2) is 34.1 Å². The third-order valence-corrected chi connectivity index (χ3v) is 4.73. The second-order valence-corrected chi connectivity index (χ2v) is 6.76. The average Bonchev–Trinajstić information content (AvgIpc) is 3.39. The molecule has 1 fully saturated rings. The van der Waals surface area contributed by atoms with Crippen LogP contribution in [0.2, 0.25) is 0 Å². The van der Waals surface area contributed by atoms with Gasteiger partial charge in [-0.15, -0.1) is 0 Å². The van der Waals surface area contributed by atoms with Crippen molar-refractivity contribution < 1.29 is 4.79 Å². The number of carbonyl (C=O) groups is 1. The Morgan fingerprint density at radius 3 is 2.62 bits per heavy atom. The normalized spacial score (nSPS) is 13.7. The third-order valence-electron chi connectivity index (χ3n) is 4.73. The van der Waals surface area contributed by atoms with E-state index in [-0.39, 0.29) is 6.03 Å². The molecule has 6 nitrogen and oxygen atoms in total. The monoisotopic (exact) mass is 349 g/mol. The number of amides is 2. The molecule has 2 heterocycles. The number of carbonyl (C=O) groups excluding carboxylic acids is 1. The van der Waals surface area contributed by atoms with Crippen molar-refractivity contribution >= 4 is 16.9 Å². The summed E-state index contributed by atoms with van der Waals surface area (Å²) in [6.45, 7) is 1.18. The van der Waals surface area contributed by atoms with E-state index in [0.717, 1.165) is 29.7 Å². The smallest absolute Gasteiger partial charge is 0.314 e. The van der Waals surface area contributed by atoms with Crippen molar-refractivity contribution in [1.82, 2.24) is 25.6 Å². The van der Waals surface area contributed by atoms with E-state index in [0.29, 0.717) is 19.0 Å². The minimum Gasteiger partial charge on any atom is -0.361 e. The van der Waals surface area contributed by atoms with Gasteiger partial charge in [-0.3, -0.25) is 0 Å². The zero-order valence-electron chi connectivity index (χ0n) is 14.7. The number of H-pyrrole nitrogens is 1. The summed E-state index contributed by atoms with van der Waals surface area (Å²) in [5, 5.41) is 7.02.